The van der Waals surface area contributed by atoms with Crippen molar-refractivity contribution in [2.45, 2.75) is 32.0 Å². The van der Waals surface area contributed by atoms with Crippen LogP contribution in [0.4, 0.5) is 0 Å². The molecule has 2 rings (SSSR count). The number of ether oxygens (including phenoxy) is 2. The number of methoxy groups -OCH3 is 2. The molecule has 0 bridgehead atoms. The van der Waals surface area contributed by atoms with E-state index < -0.39 is 0 Å². The Bertz CT molecular complexity index is 414. The van der Waals surface area contributed by atoms with Crippen molar-refractivity contribution in [3.05, 3.63) is 35.9 Å². The second-order valence-corrected chi connectivity index (χ2v) is 6.28. The van der Waals surface area contributed by atoms with Crippen molar-refractivity contribution in [3.8, 4) is 0 Å². The van der Waals surface area contributed by atoms with Gasteiger partial charge in [-0.2, -0.15) is 0 Å². The van der Waals surface area contributed by atoms with E-state index in [9.17, 15) is 0 Å². The lowest BCUT2D eigenvalue weighted by Crippen LogP contribution is -2.57. The number of benzene rings is 1. The maximum absolute atomic E-state index is 5.73. The Morgan fingerprint density at radius 2 is 1.73 bits per heavy atom. The largest absolute Gasteiger partial charge is 0.383 e. The fourth-order valence-corrected chi connectivity index (χ4v) is 3.47. The Morgan fingerprint density at radius 1 is 1.09 bits per heavy atom. The first kappa shape index (κ1) is 17.4. The van der Waals surface area contributed by atoms with Gasteiger partial charge in [-0.05, 0) is 19.4 Å². The van der Waals surface area contributed by atoms with Gasteiger partial charge in [0.05, 0.1) is 12.7 Å². The molecule has 1 aromatic rings. The summed E-state index contributed by atoms with van der Waals surface area (Å²) in [6.45, 7) is 9.55. The number of nitrogens with zero attached hydrogens (tertiary/aromatic N) is 2. The molecule has 0 unspecified atom stereocenters. The van der Waals surface area contributed by atoms with Gasteiger partial charge in [-0.15, -0.1) is 0 Å². The van der Waals surface area contributed by atoms with Crippen molar-refractivity contribution >= 4 is 0 Å². The van der Waals surface area contributed by atoms with Crippen LogP contribution in [0.2, 0.25) is 0 Å². The van der Waals surface area contributed by atoms with Crippen molar-refractivity contribution < 1.29 is 9.47 Å². The van der Waals surface area contributed by atoms with Gasteiger partial charge in [-0.3, -0.25) is 9.80 Å². The van der Waals surface area contributed by atoms with E-state index in [-0.39, 0.29) is 6.10 Å². The predicted molar refractivity (Wildman–Crippen MR) is 90.1 cm³/mol. The molecule has 4 nitrogen and oxygen atoms in total. The zero-order valence-corrected chi connectivity index (χ0v) is 14.4. The van der Waals surface area contributed by atoms with Gasteiger partial charge in [0, 0.05) is 52.5 Å². The Hall–Kier alpha value is -0.940. The third-order valence-corrected chi connectivity index (χ3v) is 4.61. The van der Waals surface area contributed by atoms with Crippen LogP contribution < -0.4 is 0 Å². The maximum Gasteiger partial charge on any atom is 0.0947 e. The number of hydrogen-bond acceptors (Lipinski definition) is 4. The molecule has 0 spiro atoms. The van der Waals surface area contributed by atoms with Crippen molar-refractivity contribution in [2.24, 2.45) is 0 Å². The molecule has 0 radical (unpaired) electrons. The average molecular weight is 306 g/mol. The molecule has 1 aromatic carbocycles. The Labute approximate surface area is 135 Å². The summed E-state index contributed by atoms with van der Waals surface area (Å²) in [6.07, 6.45) is 0.145. The van der Waals surface area contributed by atoms with Crippen LogP contribution in [0.3, 0.4) is 0 Å². The molecule has 0 aromatic heterocycles. The second kappa shape index (κ2) is 8.63. The third-order valence-electron chi connectivity index (χ3n) is 4.61. The van der Waals surface area contributed by atoms with E-state index in [2.05, 4.69) is 54.0 Å². The van der Waals surface area contributed by atoms with Gasteiger partial charge in [0.1, 0.15) is 0 Å². The minimum atomic E-state index is 0.145. The molecule has 0 saturated carbocycles. The molecule has 0 amide bonds. The third kappa shape index (κ3) is 4.53. The average Bonchev–Trinajstić information content (AvgIpc) is 2.53. The van der Waals surface area contributed by atoms with E-state index in [0.717, 1.165) is 32.8 Å². The normalized spacial score (nSPS) is 25.3. The predicted octanol–water partition coefficient (Wildman–Crippen LogP) is 2.42. The zero-order chi connectivity index (χ0) is 15.9. The van der Waals surface area contributed by atoms with Crippen LogP contribution in [-0.2, 0) is 9.47 Å². The minimum absolute atomic E-state index is 0.145. The topological polar surface area (TPSA) is 24.9 Å². The first-order valence-corrected chi connectivity index (χ1v) is 8.20. The lowest BCUT2D eigenvalue weighted by Gasteiger charge is -2.45. The molecule has 1 saturated heterocycles. The van der Waals surface area contributed by atoms with Crippen molar-refractivity contribution in [1.29, 1.82) is 0 Å². The van der Waals surface area contributed by atoms with Crippen LogP contribution >= 0.6 is 0 Å². The highest BCUT2D eigenvalue weighted by Crippen LogP contribution is 2.21. The Morgan fingerprint density at radius 3 is 2.27 bits per heavy atom. The van der Waals surface area contributed by atoms with E-state index in [1.807, 2.05) is 0 Å². The summed E-state index contributed by atoms with van der Waals surface area (Å²) in [5, 5.41) is 0. The minimum Gasteiger partial charge on any atom is -0.383 e. The van der Waals surface area contributed by atoms with Crippen LogP contribution in [0.1, 0.15) is 25.5 Å². The van der Waals surface area contributed by atoms with Gasteiger partial charge >= 0.3 is 0 Å². The first-order valence-electron chi connectivity index (χ1n) is 8.20. The highest BCUT2D eigenvalue weighted by Gasteiger charge is 2.30. The molecule has 0 aliphatic carbocycles. The molecule has 3 atom stereocenters. The van der Waals surface area contributed by atoms with Crippen LogP contribution in [-0.4, -0.2) is 68.9 Å². The van der Waals surface area contributed by atoms with Gasteiger partial charge in [-0.25, -0.2) is 0 Å². The first-order chi connectivity index (χ1) is 10.7. The van der Waals surface area contributed by atoms with Gasteiger partial charge in [0.15, 0.2) is 0 Å². The number of rotatable bonds is 7. The standard InChI is InChI=1S/C18H30N2O2/c1-15-12-19(13-16(2)20(15)10-11-21-3)14-18(22-4)17-8-6-5-7-9-17/h5-9,15-16,18H,10-14H2,1-4H3/t15-,16-,18+/m1/s1. The van der Waals surface area contributed by atoms with E-state index in [4.69, 9.17) is 9.47 Å². The highest BCUT2D eigenvalue weighted by atomic mass is 16.5. The Balaban J connectivity index is 1.94. The van der Waals surface area contributed by atoms with Crippen LogP contribution in [0.15, 0.2) is 30.3 Å². The highest BCUT2D eigenvalue weighted by molar-refractivity contribution is 5.18. The zero-order valence-electron chi connectivity index (χ0n) is 14.4. The SMILES string of the molecule is COCCN1[C@H](C)CN(C[C@H](OC)c2ccccc2)C[C@H]1C. The van der Waals surface area contributed by atoms with E-state index in [1.165, 1.54) is 5.56 Å². The smallest absolute Gasteiger partial charge is 0.0947 e. The van der Waals surface area contributed by atoms with Crippen LogP contribution in [0.5, 0.6) is 0 Å². The molecule has 1 heterocycles. The van der Waals surface area contributed by atoms with Crippen LogP contribution in [0.25, 0.3) is 0 Å². The Kier molecular flexibility index (Phi) is 6.83. The summed E-state index contributed by atoms with van der Waals surface area (Å²) in [4.78, 5) is 5.07. The van der Waals surface area contributed by atoms with Crippen LogP contribution in [0, 0.1) is 0 Å². The van der Waals surface area contributed by atoms with Gasteiger partial charge in [0.25, 0.3) is 0 Å². The monoisotopic (exact) mass is 306 g/mol. The summed E-state index contributed by atoms with van der Waals surface area (Å²) in [7, 11) is 3.58. The van der Waals surface area contributed by atoms with Gasteiger partial charge in [0.2, 0.25) is 0 Å². The lowest BCUT2D eigenvalue weighted by molar-refractivity contribution is -0.00730. The molecule has 22 heavy (non-hydrogen) atoms. The van der Waals surface area contributed by atoms with Crippen molar-refractivity contribution in [2.75, 3.05) is 47.0 Å². The van der Waals surface area contributed by atoms with E-state index in [1.54, 1.807) is 14.2 Å². The summed E-state index contributed by atoms with van der Waals surface area (Å²) in [5.74, 6) is 0. The molecule has 1 aliphatic rings. The maximum atomic E-state index is 5.73. The summed E-state index contributed by atoms with van der Waals surface area (Å²) in [5.41, 5.74) is 1.26. The quantitative estimate of drug-likeness (QED) is 0.772. The second-order valence-electron chi connectivity index (χ2n) is 6.28. The molecule has 1 aliphatic heterocycles. The van der Waals surface area contributed by atoms with Gasteiger partial charge < -0.3 is 9.47 Å². The van der Waals surface area contributed by atoms with Crippen molar-refractivity contribution in [3.63, 3.8) is 0 Å². The number of hydrogen-bond donors (Lipinski definition) is 0. The molecule has 1 fully saturated rings. The summed E-state index contributed by atoms with van der Waals surface area (Å²) in [6, 6.07) is 11.6. The molecule has 0 N–H and O–H groups in total. The molecule has 4 heteroatoms. The fourth-order valence-electron chi connectivity index (χ4n) is 3.47. The lowest BCUT2D eigenvalue weighted by atomic mass is 10.0. The summed E-state index contributed by atoms with van der Waals surface area (Å²) < 4.78 is 11.0. The fraction of sp³-hybridized carbons (Fsp3) is 0.667. The van der Waals surface area contributed by atoms with E-state index >= 15 is 0 Å². The van der Waals surface area contributed by atoms with E-state index in [0.29, 0.717) is 12.1 Å². The number of piperazine rings is 1. The summed E-state index contributed by atoms with van der Waals surface area (Å²) >= 11 is 0. The molecular weight excluding hydrogens is 276 g/mol. The van der Waals surface area contributed by atoms with Crippen molar-refractivity contribution in [1.82, 2.24) is 9.80 Å². The molecule has 124 valence electrons. The van der Waals surface area contributed by atoms with Gasteiger partial charge in [-0.1, -0.05) is 30.3 Å². The molecular formula is C18H30N2O2.